The molecule has 152 valence electrons. The first kappa shape index (κ1) is 19.3. The van der Waals surface area contributed by atoms with Crippen molar-refractivity contribution in [2.45, 2.75) is 25.2 Å². The lowest BCUT2D eigenvalue weighted by molar-refractivity contribution is -0.122. The number of fused-ring (bicyclic) bond motifs is 1. The molecule has 0 aliphatic carbocycles. The Labute approximate surface area is 183 Å². The monoisotopic (exact) mass is 404 g/mol. The number of hydrogen-bond donors (Lipinski definition) is 0. The van der Waals surface area contributed by atoms with Crippen LogP contribution >= 0.6 is 0 Å². The molecule has 3 heteroatoms. The largest absolute Gasteiger partial charge is 0.280 e. The summed E-state index contributed by atoms with van der Waals surface area (Å²) in [7, 11) is 0. The van der Waals surface area contributed by atoms with E-state index in [9.17, 15) is 4.79 Å². The number of benzene rings is 3. The first-order valence-corrected chi connectivity index (χ1v) is 10.6. The molecule has 4 aromatic rings. The highest BCUT2D eigenvalue weighted by Crippen LogP contribution is 2.48. The number of aryl methyl sites for hydroxylation is 1. The van der Waals surface area contributed by atoms with Crippen molar-refractivity contribution in [1.29, 1.82) is 0 Å². The molecule has 0 saturated carbocycles. The molecule has 2 heterocycles. The van der Waals surface area contributed by atoms with Gasteiger partial charge < -0.3 is 0 Å². The van der Waals surface area contributed by atoms with Gasteiger partial charge in [-0.3, -0.25) is 14.7 Å². The van der Waals surface area contributed by atoms with Gasteiger partial charge in [0, 0.05) is 18.1 Å². The van der Waals surface area contributed by atoms with E-state index >= 15 is 0 Å². The molecule has 1 aromatic heterocycles. The normalized spacial score (nSPS) is 17.6. The molecule has 0 fully saturated rings. The van der Waals surface area contributed by atoms with Gasteiger partial charge in [0.05, 0.1) is 11.1 Å². The van der Waals surface area contributed by atoms with Crippen LogP contribution < -0.4 is 4.90 Å². The second-order valence-electron chi connectivity index (χ2n) is 8.27. The quantitative estimate of drug-likeness (QED) is 0.422. The number of para-hydroxylation sites is 2. The van der Waals surface area contributed by atoms with Gasteiger partial charge in [0.1, 0.15) is 0 Å². The molecule has 0 bridgehead atoms. The fourth-order valence-electron chi connectivity index (χ4n) is 4.65. The van der Waals surface area contributed by atoms with Crippen molar-refractivity contribution in [3.63, 3.8) is 0 Å². The van der Waals surface area contributed by atoms with Crippen molar-refractivity contribution in [1.82, 2.24) is 4.98 Å². The van der Waals surface area contributed by atoms with Gasteiger partial charge in [-0.2, -0.15) is 0 Å². The molecular weight excluding hydrogens is 380 g/mol. The minimum atomic E-state index is -0.678. The van der Waals surface area contributed by atoms with Crippen molar-refractivity contribution < 1.29 is 4.79 Å². The van der Waals surface area contributed by atoms with Crippen molar-refractivity contribution in [2.24, 2.45) is 0 Å². The first-order valence-electron chi connectivity index (χ1n) is 10.6. The Bertz CT molecular complexity index is 1200. The van der Waals surface area contributed by atoms with E-state index in [0.29, 0.717) is 12.8 Å². The van der Waals surface area contributed by atoms with E-state index in [1.54, 1.807) is 12.4 Å². The van der Waals surface area contributed by atoms with Crippen molar-refractivity contribution in [3.05, 3.63) is 126 Å². The number of rotatable bonds is 5. The van der Waals surface area contributed by atoms with Crippen LogP contribution in [0.25, 0.3) is 0 Å². The third kappa shape index (κ3) is 3.42. The maximum Gasteiger partial charge on any atom is 0.242 e. The molecule has 0 radical (unpaired) electrons. The van der Waals surface area contributed by atoms with Crippen LogP contribution in [0.4, 0.5) is 11.4 Å². The maximum absolute atomic E-state index is 14.3. The first-order chi connectivity index (χ1) is 15.2. The summed E-state index contributed by atoms with van der Waals surface area (Å²) < 4.78 is 0. The molecule has 3 aromatic carbocycles. The number of pyridine rings is 1. The molecule has 1 atom stereocenters. The molecule has 1 unspecified atom stereocenters. The molecular formula is C28H24N2O. The van der Waals surface area contributed by atoms with Crippen LogP contribution in [0.5, 0.6) is 0 Å². The van der Waals surface area contributed by atoms with Crippen molar-refractivity contribution in [2.75, 3.05) is 4.90 Å². The molecule has 1 aliphatic rings. The number of anilines is 2. The van der Waals surface area contributed by atoms with Gasteiger partial charge in [0.15, 0.2) is 0 Å². The van der Waals surface area contributed by atoms with E-state index in [-0.39, 0.29) is 5.91 Å². The summed E-state index contributed by atoms with van der Waals surface area (Å²) in [5, 5.41) is 0. The summed E-state index contributed by atoms with van der Waals surface area (Å²) in [6.07, 6.45) is 4.88. The van der Waals surface area contributed by atoms with Gasteiger partial charge in [0.2, 0.25) is 5.91 Å². The Hall–Kier alpha value is -3.72. The highest BCUT2D eigenvalue weighted by molar-refractivity contribution is 6.13. The number of hydrogen-bond acceptors (Lipinski definition) is 2. The zero-order valence-corrected chi connectivity index (χ0v) is 17.5. The average Bonchev–Trinajstić information content (AvgIpc) is 3.04. The molecule has 0 saturated heterocycles. The Balaban J connectivity index is 1.69. The second-order valence-corrected chi connectivity index (χ2v) is 8.27. The minimum Gasteiger partial charge on any atom is -0.280 e. The lowest BCUT2D eigenvalue weighted by Gasteiger charge is -2.29. The molecule has 5 rings (SSSR count). The van der Waals surface area contributed by atoms with Gasteiger partial charge in [-0.05, 0) is 66.8 Å². The van der Waals surface area contributed by atoms with Crippen LogP contribution in [0, 0.1) is 6.92 Å². The predicted octanol–water partition coefficient (Wildman–Crippen LogP) is 5.79. The van der Waals surface area contributed by atoms with Crippen LogP contribution in [0.3, 0.4) is 0 Å². The molecule has 3 nitrogen and oxygen atoms in total. The zero-order chi connectivity index (χ0) is 21.3. The number of amides is 1. The average molecular weight is 405 g/mol. The third-order valence-electron chi connectivity index (χ3n) is 6.17. The maximum atomic E-state index is 14.3. The van der Waals surface area contributed by atoms with E-state index < -0.39 is 5.41 Å². The highest BCUT2D eigenvalue weighted by Gasteiger charge is 2.51. The Morgan fingerprint density at radius 3 is 2.06 bits per heavy atom. The third-order valence-corrected chi connectivity index (χ3v) is 6.17. The van der Waals surface area contributed by atoms with Crippen LogP contribution in [0.15, 0.2) is 103 Å². The van der Waals surface area contributed by atoms with Gasteiger partial charge in [-0.1, -0.05) is 66.2 Å². The van der Waals surface area contributed by atoms with E-state index in [2.05, 4.69) is 48.3 Å². The lowest BCUT2D eigenvalue weighted by Crippen LogP contribution is -2.42. The van der Waals surface area contributed by atoms with Gasteiger partial charge in [-0.25, -0.2) is 0 Å². The van der Waals surface area contributed by atoms with Gasteiger partial charge in [-0.15, -0.1) is 0 Å². The van der Waals surface area contributed by atoms with E-state index in [1.165, 1.54) is 5.56 Å². The van der Waals surface area contributed by atoms with Gasteiger partial charge >= 0.3 is 0 Å². The Morgan fingerprint density at radius 1 is 0.742 bits per heavy atom. The summed E-state index contributed by atoms with van der Waals surface area (Å²) >= 11 is 0. The summed E-state index contributed by atoms with van der Waals surface area (Å²) in [5.41, 5.74) is 5.78. The molecule has 0 N–H and O–H groups in total. The highest BCUT2D eigenvalue weighted by atomic mass is 16.2. The van der Waals surface area contributed by atoms with E-state index in [1.807, 2.05) is 59.5 Å². The molecule has 31 heavy (non-hydrogen) atoms. The number of carbonyl (C=O) groups excluding carboxylic acids is 1. The number of nitrogens with zero attached hydrogens (tertiary/aromatic N) is 2. The summed E-state index contributed by atoms with van der Waals surface area (Å²) in [5.74, 6) is 0.122. The van der Waals surface area contributed by atoms with Crippen LogP contribution in [-0.4, -0.2) is 10.9 Å². The predicted molar refractivity (Wildman–Crippen MR) is 125 cm³/mol. The van der Waals surface area contributed by atoms with Crippen LogP contribution in [0.2, 0.25) is 0 Å². The standard InChI is InChI=1S/C28H24N2O/c1-21-11-13-22(14-12-21)19-28(20-23-15-17-29-18-16-23)25-9-5-6-10-26(25)30(27(28)31)24-7-3-2-4-8-24/h2-18H,19-20H2,1H3. The number of aromatic nitrogens is 1. The zero-order valence-electron chi connectivity index (χ0n) is 17.5. The minimum absolute atomic E-state index is 0.122. The van der Waals surface area contributed by atoms with Crippen LogP contribution in [-0.2, 0) is 23.1 Å². The Morgan fingerprint density at radius 2 is 1.35 bits per heavy atom. The van der Waals surface area contributed by atoms with Crippen molar-refractivity contribution >= 4 is 17.3 Å². The van der Waals surface area contributed by atoms with E-state index in [4.69, 9.17) is 0 Å². The topological polar surface area (TPSA) is 33.2 Å². The van der Waals surface area contributed by atoms with E-state index in [0.717, 1.165) is 28.1 Å². The van der Waals surface area contributed by atoms with Gasteiger partial charge in [0.25, 0.3) is 0 Å². The smallest absolute Gasteiger partial charge is 0.242 e. The summed E-state index contributed by atoms with van der Waals surface area (Å²) in [6.45, 7) is 2.09. The summed E-state index contributed by atoms with van der Waals surface area (Å²) in [6, 6.07) is 30.7. The fourth-order valence-corrected chi connectivity index (χ4v) is 4.65. The molecule has 1 amide bonds. The summed E-state index contributed by atoms with van der Waals surface area (Å²) in [4.78, 5) is 20.3. The molecule has 1 aliphatic heterocycles. The second kappa shape index (κ2) is 7.84. The Kier molecular flexibility index (Phi) is 4.87. The van der Waals surface area contributed by atoms with Crippen LogP contribution in [0.1, 0.15) is 22.3 Å². The fraction of sp³-hybridized carbons (Fsp3) is 0.143. The van der Waals surface area contributed by atoms with Crippen molar-refractivity contribution in [3.8, 4) is 0 Å². The SMILES string of the molecule is Cc1ccc(CC2(Cc3ccncc3)C(=O)N(c3ccccc3)c3ccccc32)cc1. The lowest BCUT2D eigenvalue weighted by atomic mass is 9.72. The molecule has 0 spiro atoms. The number of carbonyl (C=O) groups is 1.